The Morgan fingerprint density at radius 3 is 1.83 bits per heavy atom. The molecule has 0 aliphatic heterocycles. The molecule has 1 aliphatic rings. The average Bonchev–Trinajstić information content (AvgIpc) is 3.31. The highest BCUT2D eigenvalue weighted by atomic mass is 16.1. The molecular weight excluding hydrogens is 564 g/mol. The molecule has 2 N–H and O–H groups in total. The first-order chi connectivity index (χ1) is 21.6. The van der Waals surface area contributed by atoms with Crippen molar-refractivity contribution in [1.29, 1.82) is 0 Å². The van der Waals surface area contributed by atoms with Gasteiger partial charge in [0.2, 0.25) is 0 Å². The van der Waals surface area contributed by atoms with Crippen molar-refractivity contribution in [2.75, 3.05) is 13.1 Å². The van der Waals surface area contributed by atoms with Gasteiger partial charge in [-0.05, 0) is 85.5 Å². The largest absolute Gasteiger partial charge is 0.310 e. The quantitative estimate of drug-likeness (QED) is 0.0922. The second-order valence-corrected chi connectivity index (χ2v) is 16.5. The van der Waals surface area contributed by atoms with Gasteiger partial charge in [-0.15, -0.1) is 0 Å². The highest BCUT2D eigenvalue weighted by Crippen LogP contribution is 2.49. The lowest BCUT2D eigenvalue weighted by atomic mass is 9.79. The van der Waals surface area contributed by atoms with Crippen LogP contribution in [0, 0.1) is 46.8 Å². The van der Waals surface area contributed by atoms with Gasteiger partial charge in [0.25, 0.3) is 0 Å². The summed E-state index contributed by atoms with van der Waals surface area (Å²) in [6.07, 6.45) is 12.5. The second kappa shape index (κ2) is 21.7. The van der Waals surface area contributed by atoms with E-state index in [1.54, 1.807) is 0 Å². The Morgan fingerprint density at radius 2 is 1.26 bits per heavy atom. The molecule has 1 aliphatic carbocycles. The fourth-order valence-corrected chi connectivity index (χ4v) is 7.40. The Labute approximate surface area is 287 Å². The molecule has 0 bridgehead atoms. The van der Waals surface area contributed by atoms with E-state index in [-0.39, 0.29) is 29.1 Å². The molecule has 10 atom stereocenters. The van der Waals surface area contributed by atoms with Crippen LogP contribution in [0.4, 0.5) is 0 Å². The number of carbonyl (C=O) groups excluding carboxylic acids is 2. The molecule has 1 fully saturated rings. The van der Waals surface area contributed by atoms with Gasteiger partial charge in [0.1, 0.15) is 11.6 Å². The average molecular weight is 643 g/mol. The van der Waals surface area contributed by atoms with E-state index in [1.807, 2.05) is 0 Å². The summed E-state index contributed by atoms with van der Waals surface area (Å²) in [6.45, 7) is 35.8. The molecule has 0 aromatic rings. The highest BCUT2D eigenvalue weighted by molar-refractivity contribution is 5.90. The summed E-state index contributed by atoms with van der Waals surface area (Å²) >= 11 is 0. The Bertz CT molecular complexity index is 927. The zero-order chi connectivity index (χ0) is 35.0. The predicted octanol–water partition coefficient (Wildman–Crippen LogP) is 10.8. The smallest absolute Gasteiger partial charge is 0.150 e. The summed E-state index contributed by atoms with van der Waals surface area (Å²) in [4.78, 5) is 26.4. The minimum absolute atomic E-state index is 0.108. The van der Waals surface area contributed by atoms with Crippen LogP contribution in [0.3, 0.4) is 0 Å². The third-order valence-electron chi connectivity index (χ3n) is 12.1. The summed E-state index contributed by atoms with van der Waals surface area (Å²) in [5, 5.41) is 7.70. The van der Waals surface area contributed by atoms with Crippen molar-refractivity contribution < 1.29 is 9.59 Å². The second-order valence-electron chi connectivity index (χ2n) is 16.5. The molecule has 0 aromatic carbocycles. The normalized spacial score (nSPS) is 24.5. The molecule has 0 spiro atoms. The molecule has 0 aromatic heterocycles. The SMILES string of the molecule is C=C(CC(C)CC)CC(NCC(CC)C1CC(C)C(C)(CNC(CC(=O)CC(C)CC)C(=O)CC(C)CC)C1)C(=C)CC(C)CC. The van der Waals surface area contributed by atoms with Crippen molar-refractivity contribution in [3.05, 3.63) is 24.3 Å². The number of ketones is 2. The molecule has 0 amide bonds. The number of nitrogens with one attached hydrogen (secondary N) is 2. The Hall–Kier alpha value is -1.26. The molecular formula is C42H78N2O2. The summed E-state index contributed by atoms with van der Waals surface area (Å²) in [5.41, 5.74) is 2.79. The molecule has 268 valence electrons. The summed E-state index contributed by atoms with van der Waals surface area (Å²) < 4.78 is 0. The van der Waals surface area contributed by atoms with Gasteiger partial charge in [0.15, 0.2) is 0 Å². The number of Topliss-reactive ketones (excluding diaryl/α,β-unsaturated/α-hetero) is 2. The van der Waals surface area contributed by atoms with Crippen molar-refractivity contribution in [2.24, 2.45) is 46.8 Å². The highest BCUT2D eigenvalue weighted by Gasteiger charge is 2.44. The molecule has 1 rings (SSSR count). The molecule has 4 nitrogen and oxygen atoms in total. The number of hydrogen-bond donors (Lipinski definition) is 2. The van der Waals surface area contributed by atoms with Crippen molar-refractivity contribution >= 4 is 11.6 Å². The molecule has 0 radical (unpaired) electrons. The van der Waals surface area contributed by atoms with E-state index in [0.717, 1.165) is 58.0 Å². The summed E-state index contributed by atoms with van der Waals surface area (Å²) in [5.74, 6) is 4.29. The van der Waals surface area contributed by atoms with E-state index < -0.39 is 0 Å². The van der Waals surface area contributed by atoms with E-state index in [0.29, 0.717) is 60.7 Å². The Kier molecular flexibility index (Phi) is 20.1. The number of carbonyl (C=O) groups is 2. The van der Waals surface area contributed by atoms with E-state index in [9.17, 15) is 9.59 Å². The predicted molar refractivity (Wildman–Crippen MR) is 201 cm³/mol. The first-order valence-corrected chi connectivity index (χ1v) is 19.5. The van der Waals surface area contributed by atoms with E-state index in [1.165, 1.54) is 30.4 Å². The maximum atomic E-state index is 13.4. The van der Waals surface area contributed by atoms with Gasteiger partial charge in [0.05, 0.1) is 6.04 Å². The minimum atomic E-state index is -0.363. The third kappa shape index (κ3) is 14.9. The summed E-state index contributed by atoms with van der Waals surface area (Å²) in [7, 11) is 0. The molecule has 46 heavy (non-hydrogen) atoms. The van der Waals surface area contributed by atoms with Crippen LogP contribution >= 0.6 is 0 Å². The zero-order valence-electron chi connectivity index (χ0n) is 32.5. The van der Waals surface area contributed by atoms with Crippen LogP contribution < -0.4 is 10.6 Å². The lowest BCUT2D eigenvalue weighted by molar-refractivity contribution is -0.127. The van der Waals surface area contributed by atoms with E-state index >= 15 is 0 Å². The van der Waals surface area contributed by atoms with Gasteiger partial charge in [-0.25, -0.2) is 0 Å². The van der Waals surface area contributed by atoms with Crippen LogP contribution in [0.2, 0.25) is 0 Å². The topological polar surface area (TPSA) is 58.2 Å². The van der Waals surface area contributed by atoms with Crippen molar-refractivity contribution in [3.63, 3.8) is 0 Å². The Morgan fingerprint density at radius 1 is 0.717 bits per heavy atom. The maximum Gasteiger partial charge on any atom is 0.150 e. The number of rotatable bonds is 26. The fourth-order valence-electron chi connectivity index (χ4n) is 7.40. The van der Waals surface area contributed by atoms with Crippen LogP contribution in [0.1, 0.15) is 160 Å². The van der Waals surface area contributed by atoms with Crippen LogP contribution in [0.15, 0.2) is 24.3 Å². The summed E-state index contributed by atoms with van der Waals surface area (Å²) in [6, 6.07) is -0.0743. The lowest BCUT2D eigenvalue weighted by Gasteiger charge is -2.33. The minimum Gasteiger partial charge on any atom is -0.310 e. The maximum absolute atomic E-state index is 13.4. The molecule has 1 saturated carbocycles. The molecule has 4 heteroatoms. The van der Waals surface area contributed by atoms with Crippen LogP contribution in [-0.4, -0.2) is 36.7 Å². The van der Waals surface area contributed by atoms with Crippen LogP contribution in [-0.2, 0) is 9.59 Å². The Balaban J connectivity index is 2.98. The van der Waals surface area contributed by atoms with Gasteiger partial charge in [-0.3, -0.25) is 9.59 Å². The zero-order valence-corrected chi connectivity index (χ0v) is 32.5. The lowest BCUT2D eigenvalue weighted by Crippen LogP contribution is -2.45. The van der Waals surface area contributed by atoms with E-state index in [4.69, 9.17) is 0 Å². The van der Waals surface area contributed by atoms with Crippen LogP contribution in [0.5, 0.6) is 0 Å². The molecule has 10 unspecified atom stereocenters. The van der Waals surface area contributed by atoms with Gasteiger partial charge in [-0.1, -0.05) is 133 Å². The van der Waals surface area contributed by atoms with Gasteiger partial charge in [-0.2, -0.15) is 0 Å². The number of hydrogen-bond acceptors (Lipinski definition) is 4. The monoisotopic (exact) mass is 643 g/mol. The van der Waals surface area contributed by atoms with Gasteiger partial charge < -0.3 is 10.6 Å². The standard InChI is InChI=1S/C42H78N2O2/c1-14-29(6)19-33(10)22-39(34(11)20-30(7)15-2)43-27-36(18-5)37-24-35(12)42(13,26-37)28-44-40(41(46)23-32(9)17-4)25-38(45)21-31(8)16-3/h29-32,35-37,39-40,43-44H,10-11,14-28H2,1-9,12-13H3. The third-order valence-corrected chi connectivity index (χ3v) is 12.1. The van der Waals surface area contributed by atoms with Crippen LogP contribution in [0.25, 0.3) is 0 Å². The molecule has 0 heterocycles. The van der Waals surface area contributed by atoms with Crippen molar-refractivity contribution in [1.82, 2.24) is 10.6 Å². The van der Waals surface area contributed by atoms with Gasteiger partial charge in [0, 0.05) is 31.8 Å². The van der Waals surface area contributed by atoms with Crippen molar-refractivity contribution in [2.45, 2.75) is 172 Å². The van der Waals surface area contributed by atoms with Gasteiger partial charge >= 0.3 is 0 Å². The van der Waals surface area contributed by atoms with Crippen molar-refractivity contribution in [3.8, 4) is 0 Å². The first kappa shape index (κ1) is 42.8. The first-order valence-electron chi connectivity index (χ1n) is 19.5. The van der Waals surface area contributed by atoms with E-state index in [2.05, 4.69) is 100.0 Å². The fraction of sp³-hybridized carbons (Fsp3) is 0.857. The molecule has 0 saturated heterocycles.